The number of ether oxygens (including phenoxy) is 1. The fourth-order valence-electron chi connectivity index (χ4n) is 7.34. The standard InChI is InChI=1S/C46H29NO2/c1-4-11-30(12-5-1)32-20-25-42-40(27-32)37-23-21-35(29-45(37)48-42)47(34-15-8-3-9-16-34)41-24-26-43-46-38(17-10-18-39(41)46)36-22-19-33(28-44(36)49-43)31-13-6-2-7-14-31/h1-29H. The first-order valence-electron chi connectivity index (χ1n) is 16.6. The number of hydrogen-bond acceptors (Lipinski definition) is 3. The molecule has 10 rings (SSSR count). The first-order chi connectivity index (χ1) is 24.3. The highest BCUT2D eigenvalue weighted by molar-refractivity contribution is 6.12. The van der Waals surface area contributed by atoms with E-state index >= 15 is 0 Å². The number of furan rings is 1. The van der Waals surface area contributed by atoms with Crippen LogP contribution < -0.4 is 9.64 Å². The fraction of sp³-hybridized carbons (Fsp3) is 0. The third-order valence-corrected chi connectivity index (χ3v) is 9.65. The third kappa shape index (κ3) is 4.51. The number of nitrogens with zero attached hydrogens (tertiary/aromatic N) is 1. The van der Waals surface area contributed by atoms with E-state index in [1.165, 1.54) is 22.3 Å². The van der Waals surface area contributed by atoms with Crippen LogP contribution >= 0.6 is 0 Å². The molecule has 1 aliphatic rings. The van der Waals surface area contributed by atoms with E-state index in [1.54, 1.807) is 0 Å². The summed E-state index contributed by atoms with van der Waals surface area (Å²) in [5.74, 6) is 1.74. The van der Waals surface area contributed by atoms with Crippen LogP contribution in [0.1, 0.15) is 0 Å². The van der Waals surface area contributed by atoms with Gasteiger partial charge in [-0.3, -0.25) is 0 Å². The van der Waals surface area contributed by atoms with E-state index in [4.69, 9.17) is 9.15 Å². The van der Waals surface area contributed by atoms with E-state index in [0.29, 0.717) is 0 Å². The van der Waals surface area contributed by atoms with E-state index in [0.717, 1.165) is 72.4 Å². The monoisotopic (exact) mass is 627 g/mol. The molecule has 8 aromatic carbocycles. The molecule has 0 unspecified atom stereocenters. The molecular formula is C46H29NO2. The van der Waals surface area contributed by atoms with E-state index < -0.39 is 0 Å². The van der Waals surface area contributed by atoms with E-state index in [9.17, 15) is 0 Å². The Kier molecular flexibility index (Phi) is 6.18. The minimum absolute atomic E-state index is 0.854. The molecule has 1 aliphatic heterocycles. The van der Waals surface area contributed by atoms with Crippen LogP contribution in [-0.4, -0.2) is 0 Å². The molecule has 0 atom stereocenters. The summed E-state index contributed by atoms with van der Waals surface area (Å²) >= 11 is 0. The van der Waals surface area contributed by atoms with Gasteiger partial charge in [-0.1, -0.05) is 109 Å². The quantitative estimate of drug-likeness (QED) is 0.190. The molecule has 0 fully saturated rings. The topological polar surface area (TPSA) is 25.6 Å². The molecule has 2 heterocycles. The molecule has 9 aromatic rings. The highest BCUT2D eigenvalue weighted by Crippen LogP contribution is 2.51. The van der Waals surface area contributed by atoms with Crippen molar-refractivity contribution in [2.24, 2.45) is 0 Å². The van der Waals surface area contributed by atoms with Crippen LogP contribution in [0.5, 0.6) is 11.5 Å². The molecule has 0 saturated heterocycles. The van der Waals surface area contributed by atoms with Gasteiger partial charge in [0.1, 0.15) is 22.7 Å². The maximum atomic E-state index is 6.66. The summed E-state index contributed by atoms with van der Waals surface area (Å²) in [6, 6.07) is 61.9. The number of rotatable bonds is 5. The number of para-hydroxylation sites is 1. The molecule has 0 radical (unpaired) electrons. The molecule has 1 aromatic heterocycles. The lowest BCUT2D eigenvalue weighted by Gasteiger charge is -2.29. The van der Waals surface area contributed by atoms with Crippen LogP contribution in [-0.2, 0) is 0 Å². The van der Waals surface area contributed by atoms with Crippen LogP contribution in [0.4, 0.5) is 17.1 Å². The van der Waals surface area contributed by atoms with Crippen molar-refractivity contribution < 1.29 is 9.15 Å². The Morgan fingerprint density at radius 3 is 1.86 bits per heavy atom. The van der Waals surface area contributed by atoms with Crippen molar-refractivity contribution in [2.75, 3.05) is 4.90 Å². The first-order valence-corrected chi connectivity index (χ1v) is 16.6. The zero-order valence-electron chi connectivity index (χ0n) is 26.5. The minimum atomic E-state index is 0.854. The Morgan fingerprint density at radius 2 is 1.08 bits per heavy atom. The Labute approximate surface area is 283 Å². The van der Waals surface area contributed by atoms with E-state index in [-0.39, 0.29) is 0 Å². The van der Waals surface area contributed by atoms with Crippen molar-refractivity contribution in [3.05, 3.63) is 176 Å². The van der Waals surface area contributed by atoms with Gasteiger partial charge in [0, 0.05) is 44.5 Å². The van der Waals surface area contributed by atoms with Crippen molar-refractivity contribution in [3.63, 3.8) is 0 Å². The zero-order chi connectivity index (χ0) is 32.3. The summed E-state index contributed by atoms with van der Waals surface area (Å²) in [7, 11) is 0. The second-order valence-electron chi connectivity index (χ2n) is 12.5. The predicted octanol–water partition coefficient (Wildman–Crippen LogP) is 13.3. The Balaban J connectivity index is 1.12. The maximum Gasteiger partial charge on any atom is 0.137 e. The number of fused-ring (bicyclic) bond motifs is 5. The lowest BCUT2D eigenvalue weighted by molar-refractivity contribution is 0.487. The SMILES string of the molecule is c1ccc(-c2ccc3c(c2)Oc2ccc(N(c4ccccc4)c4ccc5c(c4)oc4ccc(-c6ccccc6)cc45)c4cccc-3c24)cc1. The van der Waals surface area contributed by atoms with Gasteiger partial charge in [-0.25, -0.2) is 0 Å². The van der Waals surface area contributed by atoms with Crippen LogP contribution in [0.15, 0.2) is 180 Å². The number of anilines is 3. The predicted molar refractivity (Wildman–Crippen MR) is 202 cm³/mol. The molecule has 3 nitrogen and oxygen atoms in total. The van der Waals surface area contributed by atoms with Crippen molar-refractivity contribution in [1.82, 2.24) is 0 Å². The number of benzene rings is 8. The van der Waals surface area contributed by atoms with Crippen molar-refractivity contribution in [2.45, 2.75) is 0 Å². The molecule has 49 heavy (non-hydrogen) atoms. The zero-order valence-corrected chi connectivity index (χ0v) is 26.5. The van der Waals surface area contributed by atoms with Crippen LogP contribution in [0, 0.1) is 0 Å². The van der Waals surface area contributed by atoms with Gasteiger partial charge in [-0.05, 0) is 88.5 Å². The van der Waals surface area contributed by atoms with Crippen molar-refractivity contribution in [1.29, 1.82) is 0 Å². The molecule has 0 spiro atoms. The smallest absolute Gasteiger partial charge is 0.137 e. The summed E-state index contributed by atoms with van der Waals surface area (Å²) in [5.41, 5.74) is 11.8. The first kappa shape index (κ1) is 27.5. The Hall–Kier alpha value is -6.58. The summed E-state index contributed by atoms with van der Waals surface area (Å²) in [5, 5.41) is 4.44. The molecule has 0 aliphatic carbocycles. The van der Waals surface area contributed by atoms with Crippen molar-refractivity contribution in [3.8, 4) is 44.9 Å². The molecule has 0 N–H and O–H groups in total. The van der Waals surface area contributed by atoms with Crippen molar-refractivity contribution >= 4 is 49.8 Å². The summed E-state index contributed by atoms with van der Waals surface area (Å²) in [4.78, 5) is 2.32. The summed E-state index contributed by atoms with van der Waals surface area (Å²) in [6.07, 6.45) is 0. The average Bonchev–Trinajstić information content (AvgIpc) is 3.54. The van der Waals surface area contributed by atoms with Crippen LogP contribution in [0.25, 0.3) is 66.1 Å². The fourth-order valence-corrected chi connectivity index (χ4v) is 7.34. The third-order valence-electron chi connectivity index (χ3n) is 9.65. The number of hydrogen-bond donors (Lipinski definition) is 0. The van der Waals surface area contributed by atoms with Gasteiger partial charge in [0.2, 0.25) is 0 Å². The molecule has 0 bridgehead atoms. The van der Waals surface area contributed by atoms with Gasteiger partial charge < -0.3 is 14.1 Å². The van der Waals surface area contributed by atoms with Gasteiger partial charge >= 0.3 is 0 Å². The Morgan fingerprint density at radius 1 is 0.367 bits per heavy atom. The molecule has 3 heteroatoms. The highest BCUT2D eigenvalue weighted by atomic mass is 16.5. The summed E-state index contributed by atoms with van der Waals surface area (Å²) < 4.78 is 13.1. The average molecular weight is 628 g/mol. The second kappa shape index (κ2) is 11.0. The normalized spacial score (nSPS) is 11.8. The minimum Gasteiger partial charge on any atom is -0.456 e. The maximum absolute atomic E-state index is 6.66. The molecule has 0 saturated carbocycles. The van der Waals surface area contributed by atoms with Crippen LogP contribution in [0.3, 0.4) is 0 Å². The van der Waals surface area contributed by atoms with E-state index in [2.05, 4.69) is 169 Å². The molecule has 230 valence electrons. The lowest BCUT2D eigenvalue weighted by Crippen LogP contribution is -2.11. The van der Waals surface area contributed by atoms with Gasteiger partial charge in [0.15, 0.2) is 0 Å². The second-order valence-corrected chi connectivity index (χ2v) is 12.5. The molecular weight excluding hydrogens is 599 g/mol. The largest absolute Gasteiger partial charge is 0.456 e. The van der Waals surface area contributed by atoms with Gasteiger partial charge in [-0.15, -0.1) is 0 Å². The van der Waals surface area contributed by atoms with Gasteiger partial charge in [0.05, 0.1) is 5.69 Å². The molecule has 0 amide bonds. The Bertz CT molecular complexity index is 2680. The van der Waals surface area contributed by atoms with Crippen LogP contribution in [0.2, 0.25) is 0 Å². The summed E-state index contributed by atoms with van der Waals surface area (Å²) in [6.45, 7) is 0. The highest BCUT2D eigenvalue weighted by Gasteiger charge is 2.25. The van der Waals surface area contributed by atoms with Gasteiger partial charge in [-0.2, -0.15) is 0 Å². The van der Waals surface area contributed by atoms with Gasteiger partial charge in [0.25, 0.3) is 0 Å². The lowest BCUT2D eigenvalue weighted by atomic mass is 9.92. The van der Waals surface area contributed by atoms with E-state index in [1.807, 2.05) is 12.1 Å².